The molecular weight excluding hydrogens is 495 g/mol. The predicted molar refractivity (Wildman–Crippen MR) is 129 cm³/mol. The molecular formula is C23H14ClFN6OS2. The van der Waals surface area contributed by atoms with Gasteiger partial charge in [0.15, 0.2) is 10.3 Å². The second-order valence-corrected chi connectivity index (χ2v) is 8.92. The van der Waals surface area contributed by atoms with Crippen LogP contribution >= 0.6 is 35.1 Å². The molecule has 2 aromatic heterocycles. The van der Waals surface area contributed by atoms with E-state index in [9.17, 15) is 14.4 Å². The summed E-state index contributed by atoms with van der Waals surface area (Å²) < 4.78 is 13.3. The maximum absolute atomic E-state index is 13.3. The third-order valence-corrected chi connectivity index (χ3v) is 6.30. The van der Waals surface area contributed by atoms with Crippen LogP contribution in [0.25, 0.3) is 11.3 Å². The van der Waals surface area contributed by atoms with Gasteiger partial charge in [-0.3, -0.25) is 4.79 Å². The Labute approximate surface area is 207 Å². The van der Waals surface area contributed by atoms with Crippen LogP contribution in [0.15, 0.2) is 82.3 Å². The summed E-state index contributed by atoms with van der Waals surface area (Å²) in [6.45, 7) is 0. The molecule has 1 amide bonds. The number of benzene rings is 2. The Bertz CT molecular complexity index is 1370. The summed E-state index contributed by atoms with van der Waals surface area (Å²) in [5.41, 5.74) is 1.85. The molecule has 0 spiro atoms. The summed E-state index contributed by atoms with van der Waals surface area (Å²) in [7, 11) is 0. The van der Waals surface area contributed by atoms with Gasteiger partial charge in [0.05, 0.1) is 16.5 Å². The van der Waals surface area contributed by atoms with E-state index in [1.807, 2.05) is 30.3 Å². The van der Waals surface area contributed by atoms with Crippen molar-refractivity contribution in [3.05, 3.63) is 83.4 Å². The van der Waals surface area contributed by atoms with Gasteiger partial charge in [-0.2, -0.15) is 5.26 Å². The predicted octanol–water partition coefficient (Wildman–Crippen LogP) is 5.48. The standard InChI is InChI=1S/C23H14ClFN6OS2/c24-17-11-15(7-8-18(17)25)29-19(32)13-33-23-30-20(14-5-2-1-3-6-14)16(12-26)21(31-23)34-22-27-9-4-10-28-22/h1-11H,13H2,(H,29,32). The summed E-state index contributed by atoms with van der Waals surface area (Å²) in [5.74, 6) is -0.926. The van der Waals surface area contributed by atoms with Crippen molar-refractivity contribution in [2.75, 3.05) is 11.1 Å². The lowest BCUT2D eigenvalue weighted by atomic mass is 10.1. The van der Waals surface area contributed by atoms with Crippen molar-refractivity contribution >= 4 is 46.7 Å². The van der Waals surface area contributed by atoms with Gasteiger partial charge in [0.1, 0.15) is 22.5 Å². The van der Waals surface area contributed by atoms with Crippen LogP contribution in [0.5, 0.6) is 0 Å². The molecule has 34 heavy (non-hydrogen) atoms. The topological polar surface area (TPSA) is 104 Å². The molecule has 0 aliphatic carbocycles. The van der Waals surface area contributed by atoms with Crippen LogP contribution in [-0.4, -0.2) is 31.6 Å². The molecule has 1 N–H and O–H groups in total. The highest BCUT2D eigenvalue weighted by molar-refractivity contribution is 8.00. The largest absolute Gasteiger partial charge is 0.325 e. The number of amides is 1. The summed E-state index contributed by atoms with van der Waals surface area (Å²) in [6.07, 6.45) is 3.20. The molecule has 2 aromatic carbocycles. The molecule has 2 heterocycles. The number of rotatable bonds is 7. The van der Waals surface area contributed by atoms with Gasteiger partial charge in [-0.15, -0.1) is 0 Å². The van der Waals surface area contributed by atoms with Gasteiger partial charge in [-0.1, -0.05) is 53.7 Å². The van der Waals surface area contributed by atoms with Crippen molar-refractivity contribution < 1.29 is 9.18 Å². The van der Waals surface area contributed by atoms with E-state index in [1.165, 1.54) is 18.2 Å². The molecule has 0 bridgehead atoms. The van der Waals surface area contributed by atoms with Crippen molar-refractivity contribution in [2.45, 2.75) is 15.3 Å². The zero-order valence-corrected chi connectivity index (χ0v) is 19.7. The van der Waals surface area contributed by atoms with E-state index in [2.05, 4.69) is 31.3 Å². The lowest BCUT2D eigenvalue weighted by Crippen LogP contribution is -2.14. The van der Waals surface area contributed by atoms with E-state index in [1.54, 1.807) is 18.5 Å². The number of nitrogens with zero attached hydrogens (tertiary/aromatic N) is 5. The van der Waals surface area contributed by atoms with Gasteiger partial charge in [-0.25, -0.2) is 24.3 Å². The average molecular weight is 509 g/mol. The van der Waals surface area contributed by atoms with Crippen LogP contribution in [0.2, 0.25) is 5.02 Å². The fourth-order valence-electron chi connectivity index (χ4n) is 2.79. The molecule has 4 aromatic rings. The number of aromatic nitrogens is 4. The smallest absolute Gasteiger partial charge is 0.234 e. The molecule has 0 aliphatic rings. The number of anilines is 1. The molecule has 7 nitrogen and oxygen atoms in total. The minimum Gasteiger partial charge on any atom is -0.325 e. The Morgan fingerprint density at radius 3 is 2.53 bits per heavy atom. The molecule has 0 atom stereocenters. The third kappa shape index (κ3) is 5.88. The summed E-state index contributed by atoms with van der Waals surface area (Å²) in [6, 6.07) is 17.1. The normalized spacial score (nSPS) is 10.5. The summed E-state index contributed by atoms with van der Waals surface area (Å²) >= 11 is 8.01. The first kappa shape index (κ1) is 23.6. The Morgan fingerprint density at radius 1 is 1.06 bits per heavy atom. The molecule has 0 radical (unpaired) electrons. The van der Waals surface area contributed by atoms with E-state index in [4.69, 9.17) is 11.6 Å². The minimum atomic E-state index is -0.569. The summed E-state index contributed by atoms with van der Waals surface area (Å²) in [5, 5.41) is 13.6. The number of nitrogens with one attached hydrogen (secondary N) is 1. The van der Waals surface area contributed by atoms with Crippen LogP contribution in [0.4, 0.5) is 10.1 Å². The molecule has 0 fully saturated rings. The fraction of sp³-hybridized carbons (Fsp3) is 0.0435. The van der Waals surface area contributed by atoms with Gasteiger partial charge in [0.2, 0.25) is 5.91 Å². The highest BCUT2D eigenvalue weighted by Crippen LogP contribution is 2.33. The van der Waals surface area contributed by atoms with E-state index >= 15 is 0 Å². The SMILES string of the molecule is N#Cc1c(Sc2ncccn2)nc(SCC(=O)Nc2ccc(F)c(Cl)c2)nc1-c1ccccc1. The Hall–Kier alpha value is -3.52. The van der Waals surface area contributed by atoms with Gasteiger partial charge in [-0.05, 0) is 36.0 Å². The van der Waals surface area contributed by atoms with E-state index in [0.29, 0.717) is 32.3 Å². The van der Waals surface area contributed by atoms with E-state index in [0.717, 1.165) is 29.1 Å². The first-order valence-electron chi connectivity index (χ1n) is 9.73. The van der Waals surface area contributed by atoms with Crippen molar-refractivity contribution in [2.24, 2.45) is 0 Å². The quantitative estimate of drug-likeness (QED) is 0.199. The first-order valence-corrected chi connectivity index (χ1v) is 11.9. The average Bonchev–Trinajstić information content (AvgIpc) is 2.86. The van der Waals surface area contributed by atoms with Gasteiger partial charge < -0.3 is 5.32 Å². The van der Waals surface area contributed by atoms with Crippen LogP contribution in [-0.2, 0) is 4.79 Å². The molecule has 4 rings (SSSR count). The Balaban J connectivity index is 1.61. The number of nitriles is 1. The monoisotopic (exact) mass is 508 g/mol. The first-order chi connectivity index (χ1) is 16.5. The lowest BCUT2D eigenvalue weighted by Gasteiger charge is -2.11. The molecule has 0 saturated heterocycles. The number of hydrogen-bond donors (Lipinski definition) is 1. The van der Waals surface area contributed by atoms with Crippen LogP contribution in [0.3, 0.4) is 0 Å². The number of thioether (sulfide) groups is 1. The van der Waals surface area contributed by atoms with Gasteiger partial charge in [0.25, 0.3) is 0 Å². The number of hydrogen-bond acceptors (Lipinski definition) is 8. The maximum Gasteiger partial charge on any atom is 0.234 e. The fourth-order valence-corrected chi connectivity index (χ4v) is 4.45. The Morgan fingerprint density at radius 2 is 1.82 bits per heavy atom. The van der Waals surface area contributed by atoms with Crippen molar-refractivity contribution in [3.63, 3.8) is 0 Å². The maximum atomic E-state index is 13.3. The Kier molecular flexibility index (Phi) is 7.69. The van der Waals surface area contributed by atoms with Crippen molar-refractivity contribution in [1.82, 2.24) is 19.9 Å². The van der Waals surface area contributed by atoms with Crippen molar-refractivity contribution in [3.8, 4) is 17.3 Å². The second kappa shape index (κ2) is 11.1. The third-order valence-electron chi connectivity index (χ3n) is 4.28. The zero-order valence-electron chi connectivity index (χ0n) is 17.3. The minimum absolute atomic E-state index is 0.0128. The van der Waals surface area contributed by atoms with Crippen LogP contribution < -0.4 is 5.32 Å². The number of halogens is 2. The van der Waals surface area contributed by atoms with Gasteiger partial charge in [0, 0.05) is 23.6 Å². The highest BCUT2D eigenvalue weighted by atomic mass is 35.5. The molecule has 11 heteroatoms. The van der Waals surface area contributed by atoms with E-state index in [-0.39, 0.29) is 16.7 Å². The van der Waals surface area contributed by atoms with Crippen LogP contribution in [0.1, 0.15) is 5.56 Å². The molecule has 168 valence electrons. The zero-order chi connectivity index (χ0) is 23.9. The molecule has 0 saturated carbocycles. The lowest BCUT2D eigenvalue weighted by molar-refractivity contribution is -0.113. The molecule has 0 unspecified atom stereocenters. The van der Waals surface area contributed by atoms with Crippen molar-refractivity contribution in [1.29, 1.82) is 5.26 Å². The second-order valence-electron chi connectivity index (χ2n) is 6.61. The van der Waals surface area contributed by atoms with E-state index < -0.39 is 5.82 Å². The number of carbonyl (C=O) groups excluding carboxylic acids is 1. The highest BCUT2D eigenvalue weighted by Gasteiger charge is 2.19. The van der Waals surface area contributed by atoms with Gasteiger partial charge >= 0.3 is 0 Å². The number of carbonyl (C=O) groups is 1. The summed E-state index contributed by atoms with van der Waals surface area (Å²) in [4.78, 5) is 29.8. The molecule has 0 aliphatic heterocycles. The van der Waals surface area contributed by atoms with Crippen LogP contribution in [0, 0.1) is 17.1 Å².